The van der Waals surface area contributed by atoms with E-state index < -0.39 is 30.2 Å². The maximum absolute atomic E-state index is 12.3. The number of halogens is 1. The average Bonchev–Trinajstić information content (AvgIpc) is 2.97. The smallest absolute Gasteiger partial charge is 0.222 e. The van der Waals surface area contributed by atoms with Crippen LogP contribution in [0.4, 0.5) is 0 Å². The lowest BCUT2D eigenvalue weighted by Gasteiger charge is -2.50. The summed E-state index contributed by atoms with van der Waals surface area (Å²) < 4.78 is 36.2. The van der Waals surface area contributed by atoms with Crippen LogP contribution in [0.5, 0.6) is 5.75 Å². The molecular weight excluding hydrogens is 544 g/mol. The topological polar surface area (TPSA) is 75.6 Å². The third-order valence-corrected chi connectivity index (χ3v) is 6.89. The molecule has 0 bridgehead atoms. The Balaban J connectivity index is 2.04. The fraction of sp³-hybridized carbons (Fsp3) is 0.394. The van der Waals surface area contributed by atoms with Gasteiger partial charge in [0.15, 0.2) is 0 Å². The monoisotopic (exact) mass is 584 g/mol. The van der Waals surface area contributed by atoms with Crippen LogP contribution in [0.25, 0.3) is 0 Å². The molecule has 1 fully saturated rings. The maximum atomic E-state index is 12.3. The van der Waals surface area contributed by atoms with E-state index in [4.69, 9.17) is 40.0 Å². The van der Waals surface area contributed by atoms with Gasteiger partial charge in [-0.25, -0.2) is 0 Å². The Bertz CT molecular complexity index is 1130. The molecule has 0 spiro atoms. The molecule has 2 aromatic carbocycles. The van der Waals surface area contributed by atoms with Crippen LogP contribution in [-0.2, 0) is 35.9 Å². The lowest BCUT2D eigenvalue weighted by atomic mass is 9.86. The Morgan fingerprint density at radius 3 is 2.15 bits per heavy atom. The maximum Gasteiger partial charge on any atom is 0.222 e. The van der Waals surface area contributed by atoms with Crippen LogP contribution in [0.3, 0.4) is 0 Å². The van der Waals surface area contributed by atoms with Crippen molar-refractivity contribution >= 4 is 11.6 Å². The van der Waals surface area contributed by atoms with Crippen molar-refractivity contribution in [2.45, 2.75) is 43.5 Å². The minimum Gasteiger partial charge on any atom is -0.494 e. The van der Waals surface area contributed by atoms with Gasteiger partial charge < -0.3 is 33.5 Å². The summed E-state index contributed by atoms with van der Waals surface area (Å²) in [5.74, 6) is -1.14. The van der Waals surface area contributed by atoms with E-state index in [0.29, 0.717) is 30.2 Å². The lowest BCUT2D eigenvalue weighted by molar-refractivity contribution is -0.371. The number of hydrogen-bond donors (Lipinski definition) is 1. The number of rotatable bonds is 18. The second-order valence-corrected chi connectivity index (χ2v) is 9.86. The van der Waals surface area contributed by atoms with Gasteiger partial charge in [-0.15, -0.1) is 26.3 Å². The first-order valence-electron chi connectivity index (χ1n) is 13.7. The zero-order valence-electron chi connectivity index (χ0n) is 23.7. The minimum atomic E-state index is -1.94. The molecule has 1 N–H and O–H groups in total. The molecular formula is C33H41ClO7. The third kappa shape index (κ3) is 8.63. The van der Waals surface area contributed by atoms with E-state index in [1.807, 2.05) is 37.3 Å². The number of benzene rings is 2. The van der Waals surface area contributed by atoms with E-state index >= 15 is 0 Å². The number of hydrogen-bond acceptors (Lipinski definition) is 7. The highest BCUT2D eigenvalue weighted by Gasteiger charge is 2.57. The van der Waals surface area contributed by atoms with E-state index in [1.165, 1.54) is 0 Å². The van der Waals surface area contributed by atoms with E-state index in [9.17, 15) is 5.11 Å². The van der Waals surface area contributed by atoms with Crippen LogP contribution in [0, 0.1) is 0 Å². The second kappa shape index (κ2) is 16.6. The molecule has 1 aliphatic heterocycles. The Kier molecular flexibility index (Phi) is 13.3. The van der Waals surface area contributed by atoms with E-state index in [0.717, 1.165) is 16.9 Å². The molecule has 1 aliphatic rings. The van der Waals surface area contributed by atoms with Crippen molar-refractivity contribution in [3.8, 4) is 5.75 Å². The fourth-order valence-electron chi connectivity index (χ4n) is 4.75. The normalized spacial score (nSPS) is 24.0. The lowest BCUT2D eigenvalue weighted by Crippen LogP contribution is -2.66. The highest BCUT2D eigenvalue weighted by molar-refractivity contribution is 6.31. The highest BCUT2D eigenvalue weighted by atomic mass is 35.5. The molecule has 41 heavy (non-hydrogen) atoms. The number of ether oxygens (including phenoxy) is 6. The predicted octanol–water partition coefficient (Wildman–Crippen LogP) is 5.79. The fourth-order valence-corrected chi connectivity index (χ4v) is 4.93. The van der Waals surface area contributed by atoms with Crippen LogP contribution in [-0.4, -0.2) is 69.2 Å². The van der Waals surface area contributed by atoms with E-state index in [-0.39, 0.29) is 26.4 Å². The summed E-state index contributed by atoms with van der Waals surface area (Å²) in [5.41, 5.74) is 2.30. The van der Waals surface area contributed by atoms with Crippen LogP contribution in [0.1, 0.15) is 23.6 Å². The Morgan fingerprint density at radius 2 is 1.51 bits per heavy atom. The second-order valence-electron chi connectivity index (χ2n) is 9.45. The first-order chi connectivity index (χ1) is 19.9. The zero-order chi connectivity index (χ0) is 29.7. The molecule has 8 heteroatoms. The van der Waals surface area contributed by atoms with Crippen LogP contribution >= 0.6 is 11.6 Å². The van der Waals surface area contributed by atoms with Crippen LogP contribution in [0.2, 0.25) is 5.02 Å². The zero-order valence-corrected chi connectivity index (χ0v) is 24.5. The minimum absolute atomic E-state index is 0.116. The molecule has 1 heterocycles. The molecule has 3 rings (SSSR count). The molecule has 0 aromatic heterocycles. The Hall–Kier alpha value is -2.75. The molecule has 0 saturated carbocycles. The quantitative estimate of drug-likeness (QED) is 0.176. The van der Waals surface area contributed by atoms with Crippen molar-refractivity contribution in [2.24, 2.45) is 0 Å². The van der Waals surface area contributed by atoms with Gasteiger partial charge in [0.25, 0.3) is 0 Å². The highest BCUT2D eigenvalue weighted by Crippen LogP contribution is 2.41. The summed E-state index contributed by atoms with van der Waals surface area (Å²) in [5, 5.41) is 12.9. The third-order valence-electron chi connectivity index (χ3n) is 6.52. The van der Waals surface area contributed by atoms with Gasteiger partial charge >= 0.3 is 0 Å². The van der Waals surface area contributed by atoms with Crippen LogP contribution < -0.4 is 4.74 Å². The summed E-state index contributed by atoms with van der Waals surface area (Å²) in [7, 11) is 0. The van der Waals surface area contributed by atoms with Crippen molar-refractivity contribution in [2.75, 3.05) is 39.6 Å². The summed E-state index contributed by atoms with van der Waals surface area (Å²) in [6.07, 6.45) is 3.92. The summed E-state index contributed by atoms with van der Waals surface area (Å²) >= 11 is 6.64. The SMILES string of the molecule is C=CCOC[C@H]1OC(O)(c2ccc(Cl)c(Cc3ccc(OCC)cc3)c2)[C@H](OCC=C)[C@@H](OCC=C)[C@@H]1OCC=C. The average molecular weight is 585 g/mol. The molecule has 7 nitrogen and oxygen atoms in total. The standard InChI is InChI=1S/C33H41ClO7/c1-6-17-36-23-29-30(38-18-7-2)31(39-19-8-3)32(40-20-9-4)33(35,41-29)26-13-16-28(34)25(22-26)21-24-11-14-27(15-12-24)37-10-5/h6-9,11-16,22,29-32,35H,1-4,10,17-21,23H2,5H3/t29-,30-,31+,32-,33?/m1/s1. The molecule has 1 unspecified atom stereocenters. The van der Waals surface area contributed by atoms with Crippen molar-refractivity contribution in [3.63, 3.8) is 0 Å². The largest absolute Gasteiger partial charge is 0.494 e. The van der Waals surface area contributed by atoms with Gasteiger partial charge in [-0.1, -0.05) is 54.1 Å². The van der Waals surface area contributed by atoms with Crippen molar-refractivity contribution in [3.05, 3.63) is 115 Å². The van der Waals surface area contributed by atoms with Gasteiger partial charge in [-0.2, -0.15) is 0 Å². The first kappa shape index (κ1) is 32.8. The molecule has 0 aliphatic carbocycles. The van der Waals surface area contributed by atoms with Gasteiger partial charge in [-0.3, -0.25) is 0 Å². The van der Waals surface area contributed by atoms with Gasteiger partial charge in [0.2, 0.25) is 5.79 Å². The van der Waals surface area contributed by atoms with Crippen molar-refractivity contribution < 1.29 is 33.5 Å². The predicted molar refractivity (Wildman–Crippen MR) is 161 cm³/mol. The Labute approximate surface area is 248 Å². The van der Waals surface area contributed by atoms with Gasteiger partial charge in [-0.05, 0) is 48.7 Å². The Morgan fingerprint density at radius 1 is 0.878 bits per heavy atom. The van der Waals surface area contributed by atoms with Gasteiger partial charge in [0, 0.05) is 10.6 Å². The summed E-state index contributed by atoms with van der Waals surface area (Å²) in [4.78, 5) is 0. The molecule has 1 saturated heterocycles. The number of aliphatic hydroxyl groups is 1. The summed E-state index contributed by atoms with van der Waals surface area (Å²) in [6, 6.07) is 13.1. The molecule has 2 aromatic rings. The van der Waals surface area contributed by atoms with E-state index in [1.54, 1.807) is 36.4 Å². The van der Waals surface area contributed by atoms with Crippen molar-refractivity contribution in [1.29, 1.82) is 0 Å². The van der Waals surface area contributed by atoms with E-state index in [2.05, 4.69) is 26.3 Å². The molecule has 5 atom stereocenters. The molecule has 0 radical (unpaired) electrons. The van der Waals surface area contributed by atoms with Gasteiger partial charge in [0.1, 0.15) is 30.2 Å². The summed E-state index contributed by atoms with van der Waals surface area (Å²) in [6.45, 7) is 18.6. The molecule has 0 amide bonds. The molecule has 222 valence electrons. The van der Waals surface area contributed by atoms with Crippen molar-refractivity contribution in [1.82, 2.24) is 0 Å². The van der Waals surface area contributed by atoms with Crippen LogP contribution in [0.15, 0.2) is 93.1 Å². The first-order valence-corrected chi connectivity index (χ1v) is 14.1. The van der Waals surface area contributed by atoms with Gasteiger partial charge in [0.05, 0.1) is 39.6 Å².